The summed E-state index contributed by atoms with van der Waals surface area (Å²) < 4.78 is 26.5. The summed E-state index contributed by atoms with van der Waals surface area (Å²) in [5, 5.41) is 6.07. The number of halogens is 1. The van der Waals surface area contributed by atoms with Crippen molar-refractivity contribution in [1.82, 2.24) is 4.90 Å². The number of furan rings is 1. The molecule has 0 aliphatic carbocycles. The summed E-state index contributed by atoms with van der Waals surface area (Å²) in [4.78, 5) is 52.0. The van der Waals surface area contributed by atoms with Crippen LogP contribution >= 0.6 is 11.8 Å². The van der Waals surface area contributed by atoms with Crippen molar-refractivity contribution in [3.8, 4) is 0 Å². The molecule has 2 fully saturated rings. The lowest BCUT2D eigenvalue weighted by atomic mass is 10.0. The van der Waals surface area contributed by atoms with E-state index < -0.39 is 34.6 Å². The fourth-order valence-corrected chi connectivity index (χ4v) is 6.58. The highest BCUT2D eigenvalue weighted by Crippen LogP contribution is 2.39. The van der Waals surface area contributed by atoms with Crippen LogP contribution in [0.3, 0.4) is 0 Å². The molecular weight excluding hydrogens is 525 g/mol. The maximum atomic E-state index is 15.6. The number of hydrogen-bond donors (Lipinski definition) is 2. The number of aryl methyl sites for hydroxylation is 1. The zero-order valence-corrected chi connectivity index (χ0v) is 22.6. The molecular formula is C28H30FN3O6S. The van der Waals surface area contributed by atoms with E-state index in [9.17, 15) is 19.2 Å². The molecule has 1 amide bonds. The van der Waals surface area contributed by atoms with Gasteiger partial charge in [-0.15, -0.1) is 0 Å². The van der Waals surface area contributed by atoms with Crippen molar-refractivity contribution < 1.29 is 23.1 Å². The van der Waals surface area contributed by atoms with Crippen LogP contribution in [0.2, 0.25) is 0 Å². The summed E-state index contributed by atoms with van der Waals surface area (Å²) in [6, 6.07) is 6.78. The summed E-state index contributed by atoms with van der Waals surface area (Å²) in [6.45, 7) is 4.00. The molecule has 0 radical (unpaired) electrons. The lowest BCUT2D eigenvalue weighted by Gasteiger charge is -2.26. The maximum Gasteiger partial charge on any atom is 0.328 e. The number of carbonyl (C=O) groups excluding carboxylic acids is 2. The van der Waals surface area contributed by atoms with Gasteiger partial charge in [0.25, 0.3) is 16.8 Å². The molecule has 3 heterocycles. The van der Waals surface area contributed by atoms with Gasteiger partial charge in [-0.2, -0.15) is 11.8 Å². The van der Waals surface area contributed by atoms with Crippen LogP contribution in [0.4, 0.5) is 21.5 Å². The Morgan fingerprint density at radius 1 is 1.15 bits per heavy atom. The summed E-state index contributed by atoms with van der Waals surface area (Å²) in [7, 11) is 0. The topological polar surface area (TPSA) is 118 Å². The van der Waals surface area contributed by atoms with Gasteiger partial charge in [-0.25, -0.2) is 9.18 Å². The third-order valence-electron chi connectivity index (χ3n) is 7.18. The number of esters is 1. The van der Waals surface area contributed by atoms with E-state index in [0.717, 1.165) is 24.4 Å². The highest BCUT2D eigenvalue weighted by Gasteiger charge is 2.37. The monoisotopic (exact) mass is 555 g/mol. The normalized spacial score (nSPS) is 19.8. The highest BCUT2D eigenvalue weighted by atomic mass is 32.2. The van der Waals surface area contributed by atoms with Gasteiger partial charge in [0.2, 0.25) is 0 Å². The van der Waals surface area contributed by atoms with Gasteiger partial charge in [0.15, 0.2) is 5.82 Å². The van der Waals surface area contributed by atoms with Crippen LogP contribution in [0.25, 0.3) is 0 Å². The maximum absolute atomic E-state index is 15.6. The SMILES string of the molecule is CCOC(=O)C1CCCN1C(=O)c1cccc(Nc2c(NC(c3ccc(C)o3)C3CCCS3)c(=O)c2=O)c1F. The van der Waals surface area contributed by atoms with Crippen LogP contribution in [-0.2, 0) is 9.53 Å². The van der Waals surface area contributed by atoms with Crippen molar-refractivity contribution in [3.05, 3.63) is 73.7 Å². The number of likely N-dealkylation sites (tertiary alicyclic amines) is 1. The van der Waals surface area contributed by atoms with E-state index >= 15 is 4.39 Å². The first-order valence-corrected chi connectivity index (χ1v) is 14.2. The third-order valence-corrected chi connectivity index (χ3v) is 8.64. The molecule has 2 aliphatic heterocycles. The largest absolute Gasteiger partial charge is 0.464 e. The van der Waals surface area contributed by atoms with Gasteiger partial charge in [-0.3, -0.25) is 14.4 Å². The summed E-state index contributed by atoms with van der Waals surface area (Å²) in [5.74, 6) is 0.349. The van der Waals surface area contributed by atoms with E-state index in [1.807, 2.05) is 19.1 Å². The van der Waals surface area contributed by atoms with Crippen LogP contribution in [0.1, 0.15) is 60.5 Å². The van der Waals surface area contributed by atoms with E-state index in [1.54, 1.807) is 18.7 Å². The van der Waals surface area contributed by atoms with Crippen LogP contribution in [0, 0.1) is 12.7 Å². The average molecular weight is 556 g/mol. The van der Waals surface area contributed by atoms with Gasteiger partial charge in [0.05, 0.1) is 23.9 Å². The molecule has 2 saturated heterocycles. The Morgan fingerprint density at radius 3 is 2.64 bits per heavy atom. The predicted molar refractivity (Wildman–Crippen MR) is 147 cm³/mol. The van der Waals surface area contributed by atoms with Gasteiger partial charge >= 0.3 is 5.97 Å². The zero-order valence-electron chi connectivity index (χ0n) is 21.8. The molecule has 3 aromatic rings. The fourth-order valence-electron chi connectivity index (χ4n) is 5.21. The second kappa shape index (κ2) is 11.3. The molecule has 3 atom stereocenters. The van der Waals surface area contributed by atoms with Gasteiger partial charge in [-0.1, -0.05) is 6.07 Å². The van der Waals surface area contributed by atoms with Crippen molar-refractivity contribution in [2.24, 2.45) is 0 Å². The summed E-state index contributed by atoms with van der Waals surface area (Å²) in [6.07, 6.45) is 2.99. The standard InChI is InChI=1S/C28H30FN3O6S/c1-3-37-28(36)18-9-5-13-32(18)27(35)16-7-4-8-17(21(16)29)30-23-24(26(34)25(23)33)31-22(20-10-6-14-39-20)19-12-11-15(2)38-19/h4,7-8,11-12,18,20,22,30-31H,3,5-6,9-10,13-14H2,1-2H3. The number of thioether (sulfide) groups is 1. The average Bonchev–Trinajstić information content (AvgIpc) is 3.71. The minimum absolute atomic E-state index is 0.0598. The molecule has 5 rings (SSSR count). The molecule has 206 valence electrons. The van der Waals surface area contributed by atoms with Gasteiger partial charge in [-0.05, 0) is 69.5 Å². The van der Waals surface area contributed by atoms with Crippen molar-refractivity contribution in [2.75, 3.05) is 29.5 Å². The Kier molecular flexibility index (Phi) is 7.79. The number of ether oxygens (including phenoxy) is 1. The van der Waals surface area contributed by atoms with E-state index in [1.165, 1.54) is 23.1 Å². The Bertz CT molecular complexity index is 1460. The van der Waals surface area contributed by atoms with Crippen molar-refractivity contribution in [1.29, 1.82) is 0 Å². The Balaban J connectivity index is 1.39. The zero-order chi connectivity index (χ0) is 27.7. The van der Waals surface area contributed by atoms with E-state index in [0.29, 0.717) is 25.1 Å². The lowest BCUT2D eigenvalue weighted by molar-refractivity contribution is -0.147. The van der Waals surface area contributed by atoms with Crippen LogP contribution < -0.4 is 21.5 Å². The first-order valence-electron chi connectivity index (χ1n) is 13.1. The summed E-state index contributed by atoms with van der Waals surface area (Å²) in [5.41, 5.74) is -1.84. The molecule has 9 nitrogen and oxygen atoms in total. The molecule has 3 unspecified atom stereocenters. The molecule has 0 saturated carbocycles. The van der Waals surface area contributed by atoms with Gasteiger partial charge < -0.3 is 24.7 Å². The Labute approximate surface area is 228 Å². The van der Waals surface area contributed by atoms with Crippen LogP contribution in [0.15, 0.2) is 44.3 Å². The molecule has 2 aliphatic rings. The fraction of sp³-hybridized carbons (Fsp3) is 0.429. The van der Waals surface area contributed by atoms with E-state index in [2.05, 4.69) is 10.6 Å². The van der Waals surface area contributed by atoms with Gasteiger partial charge in [0.1, 0.15) is 28.9 Å². The second-order valence-corrected chi connectivity index (χ2v) is 11.1. The minimum Gasteiger partial charge on any atom is -0.464 e. The van der Waals surface area contributed by atoms with Crippen molar-refractivity contribution >= 4 is 40.7 Å². The molecule has 11 heteroatoms. The molecule has 0 bridgehead atoms. The van der Waals surface area contributed by atoms with Crippen molar-refractivity contribution in [2.45, 2.75) is 56.9 Å². The number of hydrogen-bond acceptors (Lipinski definition) is 9. The van der Waals surface area contributed by atoms with Gasteiger partial charge in [0, 0.05) is 11.8 Å². The first kappa shape index (κ1) is 27.0. The second-order valence-electron chi connectivity index (χ2n) is 9.73. The van der Waals surface area contributed by atoms with Crippen LogP contribution in [0.5, 0.6) is 0 Å². The Morgan fingerprint density at radius 2 is 1.95 bits per heavy atom. The highest BCUT2D eigenvalue weighted by molar-refractivity contribution is 8.00. The molecule has 39 heavy (non-hydrogen) atoms. The van der Waals surface area contributed by atoms with E-state index in [-0.39, 0.29) is 40.5 Å². The third kappa shape index (κ3) is 5.19. The quantitative estimate of drug-likeness (QED) is 0.295. The first-order chi connectivity index (χ1) is 18.8. The summed E-state index contributed by atoms with van der Waals surface area (Å²) >= 11 is 1.77. The Hall–Kier alpha value is -3.60. The van der Waals surface area contributed by atoms with E-state index in [4.69, 9.17) is 9.15 Å². The number of rotatable bonds is 9. The lowest BCUT2D eigenvalue weighted by Crippen LogP contribution is -2.41. The number of amides is 1. The predicted octanol–water partition coefficient (Wildman–Crippen LogP) is 4.28. The molecule has 2 N–H and O–H groups in total. The molecule has 2 aromatic carbocycles. The van der Waals surface area contributed by atoms with Crippen molar-refractivity contribution in [3.63, 3.8) is 0 Å². The smallest absolute Gasteiger partial charge is 0.328 e. The molecule has 1 aromatic heterocycles. The number of carbonyl (C=O) groups is 2. The minimum atomic E-state index is -0.874. The van der Waals surface area contributed by atoms with Crippen LogP contribution in [-0.4, -0.2) is 47.0 Å². The molecule has 0 spiro atoms. The number of nitrogens with one attached hydrogen (secondary N) is 2. The number of anilines is 3. The number of nitrogens with zero attached hydrogens (tertiary/aromatic N) is 1. The number of benzene rings is 1.